The summed E-state index contributed by atoms with van der Waals surface area (Å²) in [5.74, 6) is 0.617. The fourth-order valence-electron chi connectivity index (χ4n) is 4.71. The van der Waals surface area contributed by atoms with Gasteiger partial charge in [-0.1, -0.05) is 55.8 Å². The molecule has 3 heterocycles. The van der Waals surface area contributed by atoms with Crippen LogP contribution < -0.4 is 0 Å². The van der Waals surface area contributed by atoms with Crippen LogP contribution in [0.25, 0.3) is 22.3 Å². The molecule has 0 saturated carbocycles. The van der Waals surface area contributed by atoms with Gasteiger partial charge in [-0.25, -0.2) is 4.98 Å². The van der Waals surface area contributed by atoms with E-state index in [1.54, 1.807) is 6.20 Å². The Morgan fingerprint density at radius 2 is 1.69 bits per heavy atom. The minimum absolute atomic E-state index is 0.0705. The van der Waals surface area contributed by atoms with Gasteiger partial charge in [0.05, 0.1) is 22.5 Å². The van der Waals surface area contributed by atoms with Crippen LogP contribution in [0.2, 0.25) is 0 Å². The number of carbonyl (C=O) groups is 1. The highest BCUT2D eigenvalue weighted by molar-refractivity contribution is 6.07. The number of rotatable bonds is 5. The van der Waals surface area contributed by atoms with Gasteiger partial charge in [0, 0.05) is 44.3 Å². The van der Waals surface area contributed by atoms with Gasteiger partial charge < -0.3 is 4.90 Å². The minimum atomic E-state index is 0.0705. The Bertz CT molecular complexity index is 1320. The summed E-state index contributed by atoms with van der Waals surface area (Å²) in [5.41, 5.74) is 6.85. The zero-order valence-corrected chi connectivity index (χ0v) is 20.7. The van der Waals surface area contributed by atoms with Gasteiger partial charge in [-0.05, 0) is 54.3 Å². The van der Waals surface area contributed by atoms with Gasteiger partial charge in [0.2, 0.25) is 0 Å². The van der Waals surface area contributed by atoms with E-state index in [-0.39, 0.29) is 5.91 Å². The van der Waals surface area contributed by atoms with Crippen molar-refractivity contribution in [1.29, 1.82) is 0 Å². The van der Waals surface area contributed by atoms with E-state index in [2.05, 4.69) is 54.1 Å². The molecule has 2 aromatic heterocycles. The van der Waals surface area contributed by atoms with Crippen molar-refractivity contribution in [3.8, 4) is 11.4 Å². The van der Waals surface area contributed by atoms with Crippen molar-refractivity contribution in [3.05, 3.63) is 95.2 Å². The second-order valence-electron chi connectivity index (χ2n) is 9.76. The monoisotopic (exact) mass is 464 g/mol. The molecule has 1 aliphatic rings. The van der Waals surface area contributed by atoms with Crippen LogP contribution in [0, 0.1) is 6.92 Å². The standard InChI is InChI=1S/C30H32N4O/c1-21(2)24-10-8-23(9-11-24)20-33-14-16-34(17-15-33)30(35)26-19-29(28-6-4-5-13-31-28)32-27-12-7-22(3)18-25(26)27/h4-13,18-19,21H,14-17,20H2,1-3H3. The lowest BCUT2D eigenvalue weighted by Crippen LogP contribution is -2.48. The van der Waals surface area contributed by atoms with Crippen molar-refractivity contribution < 1.29 is 4.79 Å². The smallest absolute Gasteiger partial charge is 0.254 e. The Kier molecular flexibility index (Phi) is 6.60. The third-order valence-electron chi connectivity index (χ3n) is 6.83. The van der Waals surface area contributed by atoms with E-state index in [1.807, 2.05) is 48.2 Å². The number of piperazine rings is 1. The minimum Gasteiger partial charge on any atom is -0.336 e. The first-order valence-electron chi connectivity index (χ1n) is 12.4. The summed E-state index contributed by atoms with van der Waals surface area (Å²) in [6.45, 7) is 10.6. The maximum absolute atomic E-state index is 13.7. The van der Waals surface area contributed by atoms with Crippen LogP contribution in [0.3, 0.4) is 0 Å². The Hall–Kier alpha value is -3.57. The lowest BCUT2D eigenvalue weighted by atomic mass is 10.0. The van der Waals surface area contributed by atoms with Gasteiger partial charge >= 0.3 is 0 Å². The topological polar surface area (TPSA) is 49.3 Å². The molecular formula is C30H32N4O. The number of nitrogens with zero attached hydrogens (tertiary/aromatic N) is 4. The molecule has 0 radical (unpaired) electrons. The Morgan fingerprint density at radius 1 is 0.914 bits per heavy atom. The number of fused-ring (bicyclic) bond motifs is 1. The van der Waals surface area contributed by atoms with Crippen molar-refractivity contribution >= 4 is 16.8 Å². The van der Waals surface area contributed by atoms with E-state index in [0.717, 1.165) is 60.6 Å². The Balaban J connectivity index is 1.34. The first-order chi connectivity index (χ1) is 17.0. The number of pyridine rings is 2. The molecule has 0 unspecified atom stereocenters. The highest BCUT2D eigenvalue weighted by Gasteiger charge is 2.24. The first-order valence-corrected chi connectivity index (χ1v) is 12.4. The molecule has 0 N–H and O–H groups in total. The number of carbonyl (C=O) groups excluding carboxylic acids is 1. The molecule has 0 bridgehead atoms. The molecule has 1 saturated heterocycles. The molecule has 4 aromatic rings. The summed E-state index contributed by atoms with van der Waals surface area (Å²) in [5, 5.41) is 0.905. The maximum atomic E-state index is 13.7. The molecule has 1 amide bonds. The number of hydrogen-bond donors (Lipinski definition) is 0. The van der Waals surface area contributed by atoms with Gasteiger partial charge in [0.1, 0.15) is 0 Å². The molecule has 1 fully saturated rings. The van der Waals surface area contributed by atoms with E-state index < -0.39 is 0 Å². The van der Waals surface area contributed by atoms with E-state index in [9.17, 15) is 4.79 Å². The molecule has 1 aliphatic heterocycles. The van der Waals surface area contributed by atoms with E-state index in [0.29, 0.717) is 11.5 Å². The second kappa shape index (κ2) is 9.96. The average Bonchev–Trinajstić information content (AvgIpc) is 2.89. The third kappa shape index (κ3) is 5.10. The zero-order valence-electron chi connectivity index (χ0n) is 20.7. The lowest BCUT2D eigenvalue weighted by Gasteiger charge is -2.35. The summed E-state index contributed by atoms with van der Waals surface area (Å²) in [7, 11) is 0. The molecule has 0 spiro atoms. The maximum Gasteiger partial charge on any atom is 0.254 e. The van der Waals surface area contributed by atoms with Gasteiger partial charge in [-0.15, -0.1) is 0 Å². The van der Waals surface area contributed by atoms with Crippen LogP contribution in [0.5, 0.6) is 0 Å². The number of aromatic nitrogens is 2. The van der Waals surface area contributed by atoms with Crippen LogP contribution in [0.1, 0.15) is 46.8 Å². The summed E-state index contributed by atoms with van der Waals surface area (Å²) in [6.07, 6.45) is 1.76. The molecule has 2 aromatic carbocycles. The van der Waals surface area contributed by atoms with Crippen LogP contribution in [-0.4, -0.2) is 51.9 Å². The zero-order chi connectivity index (χ0) is 24.4. The summed E-state index contributed by atoms with van der Waals surface area (Å²) < 4.78 is 0. The normalized spacial score (nSPS) is 14.6. The SMILES string of the molecule is Cc1ccc2nc(-c3ccccn3)cc(C(=O)N3CCN(Cc4ccc(C(C)C)cc4)CC3)c2c1. The molecule has 0 atom stereocenters. The van der Waals surface area contributed by atoms with Crippen molar-refractivity contribution in [2.24, 2.45) is 0 Å². The Morgan fingerprint density at radius 3 is 2.37 bits per heavy atom. The lowest BCUT2D eigenvalue weighted by molar-refractivity contribution is 0.0630. The van der Waals surface area contributed by atoms with Gasteiger partial charge in [0.15, 0.2) is 0 Å². The fourth-order valence-corrected chi connectivity index (χ4v) is 4.71. The van der Waals surface area contributed by atoms with Crippen molar-refractivity contribution in [2.75, 3.05) is 26.2 Å². The molecular weight excluding hydrogens is 432 g/mol. The number of benzene rings is 2. The second-order valence-corrected chi connectivity index (χ2v) is 9.76. The summed E-state index contributed by atoms with van der Waals surface area (Å²) in [4.78, 5) is 27.4. The van der Waals surface area contributed by atoms with Crippen LogP contribution >= 0.6 is 0 Å². The van der Waals surface area contributed by atoms with E-state index in [4.69, 9.17) is 4.98 Å². The molecule has 5 heteroatoms. The van der Waals surface area contributed by atoms with Crippen LogP contribution in [-0.2, 0) is 6.54 Å². The van der Waals surface area contributed by atoms with Crippen molar-refractivity contribution in [3.63, 3.8) is 0 Å². The van der Waals surface area contributed by atoms with Crippen LogP contribution in [0.15, 0.2) is 72.9 Å². The first kappa shape index (κ1) is 23.2. The van der Waals surface area contributed by atoms with Crippen LogP contribution in [0.4, 0.5) is 0 Å². The Labute approximate surface area is 207 Å². The van der Waals surface area contributed by atoms with Crippen molar-refractivity contribution in [1.82, 2.24) is 19.8 Å². The number of amides is 1. The molecule has 0 aliphatic carbocycles. The largest absolute Gasteiger partial charge is 0.336 e. The molecule has 35 heavy (non-hydrogen) atoms. The highest BCUT2D eigenvalue weighted by Crippen LogP contribution is 2.26. The predicted molar refractivity (Wildman–Crippen MR) is 141 cm³/mol. The summed E-state index contributed by atoms with van der Waals surface area (Å²) >= 11 is 0. The van der Waals surface area contributed by atoms with Crippen molar-refractivity contribution in [2.45, 2.75) is 33.2 Å². The van der Waals surface area contributed by atoms with E-state index >= 15 is 0 Å². The van der Waals surface area contributed by atoms with E-state index in [1.165, 1.54) is 11.1 Å². The third-order valence-corrected chi connectivity index (χ3v) is 6.83. The van der Waals surface area contributed by atoms with Gasteiger partial charge in [-0.3, -0.25) is 14.7 Å². The average molecular weight is 465 g/mol. The highest BCUT2D eigenvalue weighted by atomic mass is 16.2. The summed E-state index contributed by atoms with van der Waals surface area (Å²) in [6, 6.07) is 22.7. The van der Waals surface area contributed by atoms with Gasteiger partial charge in [-0.2, -0.15) is 0 Å². The number of hydrogen-bond acceptors (Lipinski definition) is 4. The number of aryl methyl sites for hydroxylation is 1. The fraction of sp³-hybridized carbons (Fsp3) is 0.300. The quantitative estimate of drug-likeness (QED) is 0.381. The molecule has 5 rings (SSSR count). The molecule has 178 valence electrons. The van der Waals surface area contributed by atoms with Gasteiger partial charge in [0.25, 0.3) is 5.91 Å². The predicted octanol–water partition coefficient (Wildman–Crippen LogP) is 5.69. The molecule has 5 nitrogen and oxygen atoms in total.